The van der Waals surface area contributed by atoms with Crippen LogP contribution in [0.1, 0.15) is 18.5 Å². The molecule has 0 bridgehead atoms. The zero-order valence-corrected chi connectivity index (χ0v) is 11.9. The van der Waals surface area contributed by atoms with Crippen molar-refractivity contribution in [2.75, 3.05) is 26.9 Å². The maximum atomic E-state index is 11.5. The van der Waals surface area contributed by atoms with E-state index in [-0.39, 0.29) is 18.6 Å². The lowest BCUT2D eigenvalue weighted by atomic mass is 10.1. The lowest BCUT2D eigenvalue weighted by Gasteiger charge is -2.14. The van der Waals surface area contributed by atoms with E-state index in [1.807, 2.05) is 6.92 Å². The molecule has 1 rings (SSSR count). The molecular formula is C13H19ClN2O3. The van der Waals surface area contributed by atoms with Crippen LogP contribution in [0.15, 0.2) is 18.2 Å². The molecule has 106 valence electrons. The average molecular weight is 287 g/mol. The van der Waals surface area contributed by atoms with Crippen molar-refractivity contribution in [3.05, 3.63) is 28.8 Å². The van der Waals surface area contributed by atoms with Gasteiger partial charge in [0.05, 0.1) is 6.61 Å². The van der Waals surface area contributed by atoms with Crippen LogP contribution in [0, 0.1) is 0 Å². The number of ether oxygens (including phenoxy) is 2. The molecule has 0 fully saturated rings. The Bertz CT molecular complexity index is 424. The number of halogens is 1. The normalized spacial score (nSPS) is 12.0. The van der Waals surface area contributed by atoms with Gasteiger partial charge in [0, 0.05) is 30.3 Å². The Labute approximate surface area is 118 Å². The minimum Gasteiger partial charge on any atom is -0.483 e. The third kappa shape index (κ3) is 5.46. The lowest BCUT2D eigenvalue weighted by molar-refractivity contribution is -0.123. The molecule has 0 spiro atoms. The Hall–Kier alpha value is -1.30. The zero-order chi connectivity index (χ0) is 14.3. The van der Waals surface area contributed by atoms with Crippen LogP contribution in [-0.2, 0) is 9.53 Å². The maximum Gasteiger partial charge on any atom is 0.258 e. The molecule has 5 nitrogen and oxygen atoms in total. The number of hydrogen-bond acceptors (Lipinski definition) is 4. The van der Waals surface area contributed by atoms with E-state index < -0.39 is 0 Å². The van der Waals surface area contributed by atoms with Gasteiger partial charge >= 0.3 is 0 Å². The Balaban J connectivity index is 2.55. The number of benzene rings is 1. The summed E-state index contributed by atoms with van der Waals surface area (Å²) in [4.78, 5) is 11.5. The number of nitrogens with two attached hydrogens (primary N) is 1. The van der Waals surface area contributed by atoms with E-state index >= 15 is 0 Å². The van der Waals surface area contributed by atoms with Gasteiger partial charge in [-0.2, -0.15) is 0 Å². The van der Waals surface area contributed by atoms with E-state index in [0.717, 1.165) is 5.56 Å². The van der Waals surface area contributed by atoms with Crippen LogP contribution in [0.5, 0.6) is 5.75 Å². The first kappa shape index (κ1) is 15.8. The van der Waals surface area contributed by atoms with E-state index in [2.05, 4.69) is 5.32 Å². The number of hydrogen-bond donors (Lipinski definition) is 2. The SMILES string of the molecule is COCCNC(=O)COc1ccc(Cl)cc1[C@@H](C)N. The van der Waals surface area contributed by atoms with E-state index in [1.54, 1.807) is 25.3 Å². The second kappa shape index (κ2) is 7.99. The van der Waals surface area contributed by atoms with Gasteiger partial charge in [-0.15, -0.1) is 0 Å². The Kier molecular flexibility index (Phi) is 6.62. The van der Waals surface area contributed by atoms with Crippen LogP contribution < -0.4 is 15.8 Å². The zero-order valence-electron chi connectivity index (χ0n) is 11.1. The predicted octanol–water partition coefficient (Wildman–Crippen LogP) is 1.50. The summed E-state index contributed by atoms with van der Waals surface area (Å²) in [6.45, 7) is 2.69. The highest BCUT2D eigenvalue weighted by Gasteiger charge is 2.10. The van der Waals surface area contributed by atoms with Crippen LogP contribution in [0.25, 0.3) is 0 Å². The first-order chi connectivity index (χ1) is 9.04. The standard InChI is InChI=1S/C13H19ClN2O3/c1-9(15)11-7-10(14)3-4-12(11)19-8-13(17)16-5-6-18-2/h3-4,7,9H,5-6,8,15H2,1-2H3,(H,16,17)/t9-/m1/s1. The Morgan fingerprint density at radius 3 is 2.89 bits per heavy atom. The largest absolute Gasteiger partial charge is 0.483 e. The van der Waals surface area contributed by atoms with Gasteiger partial charge in [-0.3, -0.25) is 4.79 Å². The van der Waals surface area contributed by atoms with Crippen molar-refractivity contribution < 1.29 is 14.3 Å². The third-order valence-electron chi connectivity index (χ3n) is 2.45. The van der Waals surface area contributed by atoms with Gasteiger partial charge in [-0.05, 0) is 25.1 Å². The van der Waals surface area contributed by atoms with Crippen molar-refractivity contribution in [1.29, 1.82) is 0 Å². The Morgan fingerprint density at radius 1 is 1.53 bits per heavy atom. The molecule has 0 radical (unpaired) electrons. The first-order valence-electron chi connectivity index (χ1n) is 5.98. The van der Waals surface area contributed by atoms with Gasteiger partial charge in [-0.25, -0.2) is 0 Å². The van der Waals surface area contributed by atoms with Crippen molar-refractivity contribution in [1.82, 2.24) is 5.32 Å². The number of methoxy groups -OCH3 is 1. The second-order valence-corrected chi connectivity index (χ2v) is 4.54. The van der Waals surface area contributed by atoms with Crippen LogP contribution >= 0.6 is 11.6 Å². The monoisotopic (exact) mass is 286 g/mol. The van der Waals surface area contributed by atoms with Gasteiger partial charge in [0.2, 0.25) is 0 Å². The van der Waals surface area contributed by atoms with Crippen molar-refractivity contribution in [2.45, 2.75) is 13.0 Å². The molecule has 0 aliphatic heterocycles. The highest BCUT2D eigenvalue weighted by molar-refractivity contribution is 6.30. The Morgan fingerprint density at radius 2 is 2.26 bits per heavy atom. The second-order valence-electron chi connectivity index (χ2n) is 4.10. The fraction of sp³-hybridized carbons (Fsp3) is 0.462. The molecule has 0 saturated heterocycles. The molecule has 3 N–H and O–H groups in total. The number of amides is 1. The van der Waals surface area contributed by atoms with Crippen molar-refractivity contribution in [2.24, 2.45) is 5.73 Å². The average Bonchev–Trinajstić information content (AvgIpc) is 2.37. The lowest BCUT2D eigenvalue weighted by Crippen LogP contribution is -2.31. The summed E-state index contributed by atoms with van der Waals surface area (Å²) in [7, 11) is 1.57. The summed E-state index contributed by atoms with van der Waals surface area (Å²) in [5, 5.41) is 3.25. The maximum absolute atomic E-state index is 11.5. The predicted molar refractivity (Wildman–Crippen MR) is 74.4 cm³/mol. The summed E-state index contributed by atoms with van der Waals surface area (Å²) in [5.41, 5.74) is 6.61. The van der Waals surface area contributed by atoms with Crippen LogP contribution in [0.4, 0.5) is 0 Å². The molecular weight excluding hydrogens is 268 g/mol. The fourth-order valence-electron chi connectivity index (χ4n) is 1.49. The van der Waals surface area contributed by atoms with Crippen LogP contribution in [0.2, 0.25) is 5.02 Å². The number of carbonyl (C=O) groups is 1. The molecule has 1 aromatic rings. The quantitative estimate of drug-likeness (QED) is 0.745. The van der Waals surface area contributed by atoms with E-state index in [0.29, 0.717) is 23.9 Å². The summed E-state index contributed by atoms with van der Waals surface area (Å²) in [5.74, 6) is 0.365. The van der Waals surface area contributed by atoms with E-state index in [1.165, 1.54) is 0 Å². The van der Waals surface area contributed by atoms with Gasteiger partial charge in [0.1, 0.15) is 5.75 Å². The highest BCUT2D eigenvalue weighted by atomic mass is 35.5. The van der Waals surface area contributed by atoms with Crippen LogP contribution in [-0.4, -0.2) is 32.8 Å². The molecule has 0 aromatic heterocycles. The molecule has 0 heterocycles. The van der Waals surface area contributed by atoms with Crippen molar-refractivity contribution >= 4 is 17.5 Å². The van der Waals surface area contributed by atoms with E-state index in [4.69, 9.17) is 26.8 Å². The minimum atomic E-state index is -0.217. The summed E-state index contributed by atoms with van der Waals surface area (Å²) < 4.78 is 10.3. The third-order valence-corrected chi connectivity index (χ3v) is 2.68. The van der Waals surface area contributed by atoms with Gasteiger partial charge in [0.25, 0.3) is 5.91 Å². The molecule has 0 unspecified atom stereocenters. The molecule has 1 aromatic carbocycles. The smallest absolute Gasteiger partial charge is 0.258 e. The van der Waals surface area contributed by atoms with Crippen molar-refractivity contribution in [3.63, 3.8) is 0 Å². The molecule has 0 aliphatic rings. The van der Waals surface area contributed by atoms with Gasteiger partial charge in [0.15, 0.2) is 6.61 Å². The number of rotatable bonds is 7. The molecule has 1 amide bonds. The van der Waals surface area contributed by atoms with Crippen molar-refractivity contribution in [3.8, 4) is 5.75 Å². The molecule has 0 saturated carbocycles. The van der Waals surface area contributed by atoms with Gasteiger partial charge in [-0.1, -0.05) is 11.6 Å². The topological polar surface area (TPSA) is 73.6 Å². The molecule has 19 heavy (non-hydrogen) atoms. The molecule has 1 atom stereocenters. The summed E-state index contributed by atoms with van der Waals surface area (Å²) >= 11 is 5.90. The molecule has 0 aliphatic carbocycles. The van der Waals surface area contributed by atoms with Crippen LogP contribution in [0.3, 0.4) is 0 Å². The fourth-order valence-corrected chi connectivity index (χ4v) is 1.67. The summed E-state index contributed by atoms with van der Waals surface area (Å²) in [6, 6.07) is 4.93. The van der Waals surface area contributed by atoms with E-state index in [9.17, 15) is 4.79 Å². The highest BCUT2D eigenvalue weighted by Crippen LogP contribution is 2.27. The molecule has 6 heteroatoms. The van der Waals surface area contributed by atoms with Gasteiger partial charge < -0.3 is 20.5 Å². The first-order valence-corrected chi connectivity index (χ1v) is 6.36. The summed E-state index contributed by atoms with van der Waals surface area (Å²) in [6.07, 6.45) is 0. The number of nitrogens with one attached hydrogen (secondary N) is 1. The minimum absolute atomic E-state index is 0.0644. The number of carbonyl (C=O) groups excluding carboxylic acids is 1.